The summed E-state index contributed by atoms with van der Waals surface area (Å²) in [6.45, 7) is -0.632. The van der Waals surface area contributed by atoms with Crippen molar-refractivity contribution in [2.75, 3.05) is 40.6 Å². The largest absolute Gasteiger partial charge is 0.479 e. The minimum Gasteiger partial charge on any atom is -0.479 e. The van der Waals surface area contributed by atoms with Crippen LogP contribution >= 0.6 is 0 Å². The van der Waals surface area contributed by atoms with E-state index in [0.717, 1.165) is 21.0 Å². The monoisotopic (exact) mass is 832 g/mol. The highest BCUT2D eigenvalue weighted by Crippen LogP contribution is 2.34. The molecule has 0 radical (unpaired) electrons. The normalized spacial score (nSPS) is 43.9. The van der Waals surface area contributed by atoms with Gasteiger partial charge in [0.25, 0.3) is 0 Å². The summed E-state index contributed by atoms with van der Waals surface area (Å²) in [4.78, 5) is 48.6. The van der Waals surface area contributed by atoms with Gasteiger partial charge in [-0.1, -0.05) is 0 Å². The molecular weight excluding hydrogens is 780 g/mol. The van der Waals surface area contributed by atoms with Gasteiger partial charge >= 0.3 is 11.9 Å². The van der Waals surface area contributed by atoms with E-state index in [1.54, 1.807) is 0 Å². The molecule has 12 N–H and O–H groups in total. The fourth-order valence-electron chi connectivity index (χ4n) is 7.21. The Morgan fingerprint density at radius 3 is 1.53 bits per heavy atom. The van der Waals surface area contributed by atoms with Gasteiger partial charge in [0.1, 0.15) is 73.2 Å². The Hall–Kier alpha value is -2.80. The number of ether oxygens (including phenoxy) is 9. The number of hydrogen-bond donors (Lipinski definition) is 12. The molecule has 57 heavy (non-hydrogen) atoms. The van der Waals surface area contributed by atoms with E-state index in [4.69, 9.17) is 42.6 Å². The van der Waals surface area contributed by atoms with E-state index in [9.17, 15) is 70.2 Å². The quantitative estimate of drug-likeness (QED) is 0.0687. The molecule has 20 atom stereocenters. The lowest BCUT2D eigenvalue weighted by Crippen LogP contribution is -2.68. The number of rotatable bonds is 16. The highest BCUT2D eigenvalue weighted by Gasteiger charge is 2.55. The van der Waals surface area contributed by atoms with Gasteiger partial charge in [-0.2, -0.15) is 0 Å². The molecular formula is C32H52N2O23. The number of methoxy groups -OCH3 is 2. The first-order chi connectivity index (χ1) is 26.9. The van der Waals surface area contributed by atoms with E-state index in [2.05, 4.69) is 10.6 Å². The Balaban J connectivity index is 1.51. The smallest absolute Gasteiger partial charge is 0.335 e. The van der Waals surface area contributed by atoms with Gasteiger partial charge in [0, 0.05) is 34.0 Å². The Morgan fingerprint density at radius 2 is 1.04 bits per heavy atom. The summed E-state index contributed by atoms with van der Waals surface area (Å²) in [5, 5.41) is 110. The van der Waals surface area contributed by atoms with Crippen molar-refractivity contribution in [2.24, 2.45) is 5.92 Å². The summed E-state index contributed by atoms with van der Waals surface area (Å²) in [6, 6.07) is -2.69. The van der Waals surface area contributed by atoms with Crippen molar-refractivity contribution < 1.29 is 113 Å². The number of aliphatic carboxylic acids is 2. The Morgan fingerprint density at radius 1 is 0.544 bits per heavy atom. The lowest BCUT2D eigenvalue weighted by molar-refractivity contribution is -0.337. The predicted octanol–water partition coefficient (Wildman–Crippen LogP) is -7.68. The van der Waals surface area contributed by atoms with Crippen molar-refractivity contribution in [3.05, 3.63) is 0 Å². The Bertz CT molecular complexity index is 1360. The fraction of sp³-hybridized carbons (Fsp3) is 0.875. The van der Waals surface area contributed by atoms with Gasteiger partial charge in [-0.05, 0) is 0 Å². The number of nitrogens with one attached hydrogen (secondary N) is 2. The van der Waals surface area contributed by atoms with E-state index in [1.807, 2.05) is 0 Å². The van der Waals surface area contributed by atoms with Crippen LogP contribution in [0.1, 0.15) is 13.8 Å². The highest BCUT2D eigenvalue weighted by atomic mass is 16.7. The molecule has 0 bridgehead atoms. The molecule has 0 spiro atoms. The molecule has 0 aromatic rings. The SMILES string of the molecule is CO[C@@H]1OC(CO)[C@@H](O)[C@H](O[C@@H]2OC(C(=O)O)[C@@H](COC[C@@H]3OC(CO)[C@@H](O)[C@H](O[C@@H]4OC(C(=O)O)[C@@H](OC)[C@H](O)C4O)C3NC(C)=O)[C@H](O)C2O)C1NC(C)=O. The van der Waals surface area contributed by atoms with Crippen LogP contribution in [-0.2, 0) is 61.8 Å². The Kier molecular flexibility index (Phi) is 16.8. The van der Waals surface area contributed by atoms with Gasteiger partial charge in [0.2, 0.25) is 11.8 Å². The molecule has 4 rings (SSSR count). The van der Waals surface area contributed by atoms with Crippen molar-refractivity contribution >= 4 is 23.8 Å². The molecule has 4 aliphatic rings. The molecule has 0 aromatic heterocycles. The zero-order valence-electron chi connectivity index (χ0n) is 31.2. The zero-order chi connectivity index (χ0) is 42.5. The van der Waals surface area contributed by atoms with Crippen molar-refractivity contribution in [3.8, 4) is 0 Å². The van der Waals surface area contributed by atoms with Gasteiger partial charge in [-0.25, -0.2) is 9.59 Å². The number of carbonyl (C=O) groups is 4. The maximum absolute atomic E-state index is 12.4. The van der Waals surface area contributed by atoms with Gasteiger partial charge < -0.3 is 104 Å². The molecule has 328 valence electrons. The number of hydrogen-bond acceptors (Lipinski definition) is 21. The van der Waals surface area contributed by atoms with Crippen LogP contribution in [0.15, 0.2) is 0 Å². The first-order valence-corrected chi connectivity index (χ1v) is 17.8. The summed E-state index contributed by atoms with van der Waals surface area (Å²) >= 11 is 0. The molecule has 0 aliphatic carbocycles. The first-order valence-electron chi connectivity index (χ1n) is 17.8. The summed E-state index contributed by atoms with van der Waals surface area (Å²) in [5.74, 6) is -6.11. The second kappa shape index (κ2) is 20.4. The molecule has 0 saturated carbocycles. The number of carboxylic acids is 2. The Labute approximate surface area is 324 Å². The van der Waals surface area contributed by atoms with E-state index >= 15 is 0 Å². The summed E-state index contributed by atoms with van der Waals surface area (Å²) in [6.07, 6.45) is -29.0. The molecule has 4 heterocycles. The summed E-state index contributed by atoms with van der Waals surface area (Å²) < 4.78 is 49.6. The molecule has 4 fully saturated rings. The topological polar surface area (TPSA) is 378 Å². The number of carbonyl (C=O) groups excluding carboxylic acids is 2. The van der Waals surface area contributed by atoms with Crippen LogP contribution in [0.5, 0.6) is 0 Å². The maximum Gasteiger partial charge on any atom is 0.335 e. The van der Waals surface area contributed by atoms with Crippen LogP contribution in [0.4, 0.5) is 0 Å². The molecule has 0 aromatic carbocycles. The molecule has 2 amide bonds. The van der Waals surface area contributed by atoms with Crippen LogP contribution in [0.3, 0.4) is 0 Å². The van der Waals surface area contributed by atoms with Crippen LogP contribution in [0.25, 0.3) is 0 Å². The lowest BCUT2D eigenvalue weighted by atomic mass is 9.89. The van der Waals surface area contributed by atoms with Crippen LogP contribution in [0, 0.1) is 5.92 Å². The van der Waals surface area contributed by atoms with Crippen molar-refractivity contribution in [2.45, 2.75) is 130 Å². The maximum atomic E-state index is 12.4. The zero-order valence-corrected chi connectivity index (χ0v) is 31.2. The standard InChI is InChI=1S/C32H52N2O23/c1-9(37)33-15-14(52-12(5-35)18(40)24(15)55-32-22(44)20(42)26(49-3)27(57-32)29(47)48)8-51-7-11-17(39)21(43)31(54-23(11)28(45)46)56-25-16(34-10(2)38)30(50-4)53-13(6-36)19(25)41/h11-27,30-32,35-36,39-44H,5-8H2,1-4H3,(H,33,37)(H,34,38)(H,45,46)(H,47,48)/t11-,12?,13?,14-,15?,16?,17-,18+,19+,20+,21?,22?,23?,24+,25+,26-,27?,30+,31-,32+/m0/s1. The highest BCUT2D eigenvalue weighted by molar-refractivity contribution is 5.74. The van der Waals surface area contributed by atoms with Gasteiger partial charge in [0.15, 0.2) is 31.1 Å². The third kappa shape index (κ3) is 10.5. The van der Waals surface area contributed by atoms with E-state index < -0.39 is 173 Å². The lowest BCUT2D eigenvalue weighted by Gasteiger charge is -2.48. The van der Waals surface area contributed by atoms with Crippen LogP contribution < -0.4 is 10.6 Å². The number of carboxylic acid groups (broad SMARTS) is 2. The van der Waals surface area contributed by atoms with Crippen molar-refractivity contribution in [1.29, 1.82) is 0 Å². The van der Waals surface area contributed by atoms with Crippen LogP contribution in [-0.4, -0.2) is 232 Å². The third-order valence-electron chi connectivity index (χ3n) is 10.0. The molecule has 4 saturated heterocycles. The van der Waals surface area contributed by atoms with Crippen molar-refractivity contribution in [1.82, 2.24) is 10.6 Å². The first kappa shape index (κ1) is 46.9. The van der Waals surface area contributed by atoms with Gasteiger partial charge in [-0.15, -0.1) is 0 Å². The third-order valence-corrected chi connectivity index (χ3v) is 10.0. The molecule has 25 nitrogen and oxygen atoms in total. The second-order valence-electron chi connectivity index (χ2n) is 13.9. The minimum atomic E-state index is -2.01. The van der Waals surface area contributed by atoms with Gasteiger partial charge in [0.05, 0.1) is 38.6 Å². The second-order valence-corrected chi connectivity index (χ2v) is 13.9. The number of aliphatic hydroxyl groups excluding tert-OH is 8. The number of amides is 2. The van der Waals surface area contributed by atoms with Crippen molar-refractivity contribution in [3.63, 3.8) is 0 Å². The van der Waals surface area contributed by atoms with Crippen LogP contribution in [0.2, 0.25) is 0 Å². The fourth-order valence-corrected chi connectivity index (χ4v) is 7.21. The average molecular weight is 833 g/mol. The molecule has 25 heteroatoms. The van der Waals surface area contributed by atoms with E-state index in [-0.39, 0.29) is 0 Å². The predicted molar refractivity (Wildman–Crippen MR) is 177 cm³/mol. The minimum absolute atomic E-state index is 0.590. The summed E-state index contributed by atoms with van der Waals surface area (Å²) in [7, 11) is 2.28. The number of aliphatic hydroxyl groups is 8. The summed E-state index contributed by atoms with van der Waals surface area (Å²) in [5.41, 5.74) is 0. The van der Waals surface area contributed by atoms with Gasteiger partial charge in [-0.3, -0.25) is 9.59 Å². The molecule has 4 aliphatic heterocycles. The van der Waals surface area contributed by atoms with E-state index in [1.165, 1.54) is 7.11 Å². The van der Waals surface area contributed by atoms with E-state index in [0.29, 0.717) is 0 Å². The molecule has 8 unspecified atom stereocenters. The average Bonchev–Trinajstić information content (AvgIpc) is 3.15.